The Hall–Kier alpha value is -3.36. The zero-order valence-corrected chi connectivity index (χ0v) is 19.8. The third kappa shape index (κ3) is 5.58. The van der Waals surface area contributed by atoms with Crippen molar-refractivity contribution < 1.29 is 8.42 Å². The molecule has 1 fully saturated rings. The van der Waals surface area contributed by atoms with Gasteiger partial charge < -0.3 is 16.4 Å². The molecule has 1 heterocycles. The van der Waals surface area contributed by atoms with Gasteiger partial charge in [0.05, 0.1) is 23.0 Å². The third-order valence-electron chi connectivity index (χ3n) is 6.25. The number of nitrogens with zero attached hydrogens (tertiary/aromatic N) is 1. The lowest BCUT2D eigenvalue weighted by atomic mass is 9.85. The first-order valence-corrected chi connectivity index (χ1v) is 12.9. The number of nitrogens with two attached hydrogens (primary N) is 1. The smallest absolute Gasteiger partial charge is 0.264 e. The molecule has 34 heavy (non-hydrogen) atoms. The van der Waals surface area contributed by atoms with Crippen molar-refractivity contribution in [1.82, 2.24) is 5.32 Å². The third-order valence-corrected chi connectivity index (χ3v) is 8.04. The van der Waals surface area contributed by atoms with Crippen molar-refractivity contribution in [2.75, 3.05) is 29.3 Å². The molecular formula is C26H31N5O2S. The predicted octanol–water partition coefficient (Wildman–Crippen LogP) is 3.66. The van der Waals surface area contributed by atoms with Crippen molar-refractivity contribution in [2.45, 2.75) is 17.9 Å². The van der Waals surface area contributed by atoms with Crippen LogP contribution < -0.4 is 20.7 Å². The van der Waals surface area contributed by atoms with Gasteiger partial charge in [0.1, 0.15) is 0 Å². The summed E-state index contributed by atoms with van der Waals surface area (Å²) in [6, 6.07) is 25.5. The van der Waals surface area contributed by atoms with Gasteiger partial charge in [0.25, 0.3) is 10.0 Å². The first-order valence-electron chi connectivity index (χ1n) is 11.5. The van der Waals surface area contributed by atoms with Crippen LogP contribution in [0.3, 0.4) is 0 Å². The number of piperidine rings is 1. The standard InChI is InChI=1S/C26H31N5O2S/c27-26(28)25-18-29-16-15-21(25)17-30-22-11-13-23(14-12-22)31(19-20-7-3-1-4-8-20)34(32,33)24-9-5-2-6-10-24/h1-14,21,25,29-30H,15-19H2,(H3,27,28). The molecule has 1 saturated heterocycles. The van der Waals surface area contributed by atoms with Crippen molar-refractivity contribution >= 4 is 27.2 Å². The van der Waals surface area contributed by atoms with Crippen LogP contribution >= 0.6 is 0 Å². The van der Waals surface area contributed by atoms with Crippen LogP contribution in [0.2, 0.25) is 0 Å². The Morgan fingerprint density at radius 1 is 1.00 bits per heavy atom. The van der Waals surface area contributed by atoms with E-state index in [0.717, 1.165) is 30.8 Å². The van der Waals surface area contributed by atoms with Crippen LogP contribution in [0.15, 0.2) is 89.8 Å². The minimum atomic E-state index is -3.74. The van der Waals surface area contributed by atoms with Crippen LogP contribution in [0, 0.1) is 17.2 Å². The summed E-state index contributed by atoms with van der Waals surface area (Å²) in [6.07, 6.45) is 0.954. The summed E-state index contributed by atoms with van der Waals surface area (Å²) < 4.78 is 28.5. The van der Waals surface area contributed by atoms with E-state index < -0.39 is 10.0 Å². The second-order valence-corrected chi connectivity index (χ2v) is 10.4. The van der Waals surface area contributed by atoms with E-state index in [1.807, 2.05) is 54.6 Å². The second-order valence-electron chi connectivity index (χ2n) is 8.55. The minimum Gasteiger partial charge on any atom is -0.387 e. The number of hydrogen-bond acceptors (Lipinski definition) is 5. The van der Waals surface area contributed by atoms with Crippen LogP contribution in [-0.2, 0) is 16.6 Å². The summed E-state index contributed by atoms with van der Waals surface area (Å²) >= 11 is 0. The first kappa shape index (κ1) is 23.8. The monoisotopic (exact) mass is 477 g/mol. The molecule has 0 aromatic heterocycles. The van der Waals surface area contributed by atoms with Gasteiger partial charge in [-0.2, -0.15) is 0 Å². The average molecular weight is 478 g/mol. The van der Waals surface area contributed by atoms with Crippen molar-refractivity contribution in [2.24, 2.45) is 17.6 Å². The molecule has 2 atom stereocenters. The molecule has 4 rings (SSSR count). The number of anilines is 2. The Bertz CT molecular complexity index is 1180. The number of sulfonamides is 1. The maximum Gasteiger partial charge on any atom is 0.264 e. The molecule has 8 heteroatoms. The maximum absolute atomic E-state index is 13.5. The molecule has 1 aliphatic rings. The van der Waals surface area contributed by atoms with Crippen LogP contribution in [0.25, 0.3) is 0 Å². The summed E-state index contributed by atoms with van der Waals surface area (Å²) in [7, 11) is -3.74. The summed E-state index contributed by atoms with van der Waals surface area (Å²) in [5.41, 5.74) is 8.20. The first-order chi connectivity index (χ1) is 16.4. The molecule has 178 valence electrons. The van der Waals surface area contributed by atoms with E-state index >= 15 is 0 Å². The predicted molar refractivity (Wildman–Crippen MR) is 138 cm³/mol. The Morgan fingerprint density at radius 2 is 1.65 bits per heavy atom. The molecule has 7 nitrogen and oxygen atoms in total. The number of rotatable bonds is 9. The Morgan fingerprint density at radius 3 is 2.29 bits per heavy atom. The minimum absolute atomic E-state index is 0.0258. The summed E-state index contributed by atoms with van der Waals surface area (Å²) in [6.45, 7) is 2.59. The topological polar surface area (TPSA) is 111 Å². The quantitative estimate of drug-likeness (QED) is 0.278. The molecule has 0 amide bonds. The molecule has 5 N–H and O–H groups in total. The zero-order chi connectivity index (χ0) is 24.0. The van der Waals surface area contributed by atoms with E-state index in [1.54, 1.807) is 30.3 Å². The van der Waals surface area contributed by atoms with E-state index in [1.165, 1.54) is 4.31 Å². The van der Waals surface area contributed by atoms with Gasteiger partial charge in [-0.1, -0.05) is 48.5 Å². The molecular weight excluding hydrogens is 446 g/mol. The highest BCUT2D eigenvalue weighted by atomic mass is 32.2. The van der Waals surface area contributed by atoms with Gasteiger partial charge in [-0.25, -0.2) is 8.42 Å². The second kappa shape index (κ2) is 10.7. The summed E-state index contributed by atoms with van der Waals surface area (Å²) in [5.74, 6) is 0.529. The number of amidine groups is 1. The Kier molecular flexibility index (Phi) is 7.49. The lowest BCUT2D eigenvalue weighted by Gasteiger charge is -2.31. The van der Waals surface area contributed by atoms with Gasteiger partial charge >= 0.3 is 0 Å². The van der Waals surface area contributed by atoms with Gasteiger partial charge in [-0.3, -0.25) is 9.71 Å². The Balaban J connectivity index is 1.54. The average Bonchev–Trinajstić information content (AvgIpc) is 2.87. The molecule has 0 radical (unpaired) electrons. The molecule has 3 aromatic carbocycles. The van der Waals surface area contributed by atoms with Gasteiger partial charge in [0.2, 0.25) is 0 Å². The lowest BCUT2D eigenvalue weighted by molar-refractivity contribution is 0.329. The fourth-order valence-corrected chi connectivity index (χ4v) is 5.77. The summed E-state index contributed by atoms with van der Waals surface area (Å²) in [5, 5.41) is 14.6. The van der Waals surface area contributed by atoms with Crippen molar-refractivity contribution in [3.63, 3.8) is 0 Å². The Labute approximate surface area is 201 Å². The van der Waals surface area contributed by atoms with Gasteiger partial charge in [0, 0.05) is 24.7 Å². The highest BCUT2D eigenvalue weighted by Crippen LogP contribution is 2.28. The highest BCUT2D eigenvalue weighted by molar-refractivity contribution is 7.92. The summed E-state index contributed by atoms with van der Waals surface area (Å²) in [4.78, 5) is 0.259. The van der Waals surface area contributed by atoms with Crippen molar-refractivity contribution in [3.8, 4) is 0 Å². The molecule has 3 aromatic rings. The van der Waals surface area contributed by atoms with E-state index in [9.17, 15) is 8.42 Å². The lowest BCUT2D eigenvalue weighted by Crippen LogP contribution is -2.45. The fourth-order valence-electron chi connectivity index (χ4n) is 4.30. The molecule has 2 unspecified atom stereocenters. The van der Waals surface area contributed by atoms with Crippen molar-refractivity contribution in [3.05, 3.63) is 90.5 Å². The SMILES string of the molecule is N=C(N)C1CNCCC1CNc1ccc(N(Cc2ccccc2)S(=O)(=O)c2ccccc2)cc1. The largest absolute Gasteiger partial charge is 0.387 e. The number of nitrogens with one attached hydrogen (secondary N) is 3. The van der Waals surface area contributed by atoms with Crippen molar-refractivity contribution in [1.29, 1.82) is 5.41 Å². The number of benzene rings is 3. The van der Waals surface area contributed by atoms with E-state index in [-0.39, 0.29) is 29.1 Å². The maximum atomic E-state index is 13.5. The van der Waals surface area contributed by atoms with Gasteiger partial charge in [0.15, 0.2) is 0 Å². The van der Waals surface area contributed by atoms with Crippen LogP contribution in [0.1, 0.15) is 12.0 Å². The molecule has 0 saturated carbocycles. The van der Waals surface area contributed by atoms with E-state index in [4.69, 9.17) is 11.1 Å². The van der Waals surface area contributed by atoms with Crippen LogP contribution in [0.4, 0.5) is 11.4 Å². The van der Waals surface area contributed by atoms with Gasteiger partial charge in [-0.15, -0.1) is 0 Å². The van der Waals surface area contributed by atoms with E-state index in [0.29, 0.717) is 12.2 Å². The van der Waals surface area contributed by atoms with Crippen LogP contribution in [0.5, 0.6) is 0 Å². The zero-order valence-electron chi connectivity index (χ0n) is 19.0. The molecule has 0 spiro atoms. The van der Waals surface area contributed by atoms with Gasteiger partial charge in [-0.05, 0) is 60.8 Å². The fraction of sp³-hybridized carbons (Fsp3) is 0.269. The van der Waals surface area contributed by atoms with E-state index in [2.05, 4.69) is 10.6 Å². The molecule has 1 aliphatic heterocycles. The van der Waals surface area contributed by atoms with Crippen LogP contribution in [-0.4, -0.2) is 33.9 Å². The highest BCUT2D eigenvalue weighted by Gasteiger charge is 2.27. The normalized spacial score (nSPS) is 18.2. The number of hydrogen-bond donors (Lipinski definition) is 4. The molecule has 0 bridgehead atoms. The molecule has 0 aliphatic carbocycles.